The van der Waals surface area contributed by atoms with Crippen molar-refractivity contribution in [3.63, 3.8) is 0 Å². The molecule has 0 radical (unpaired) electrons. The molecular formula is C37H39N5O4S. The van der Waals surface area contributed by atoms with Crippen LogP contribution in [0.15, 0.2) is 102 Å². The van der Waals surface area contributed by atoms with Gasteiger partial charge in [-0.2, -0.15) is 0 Å². The summed E-state index contributed by atoms with van der Waals surface area (Å²) in [5, 5.41) is 8.57. The van der Waals surface area contributed by atoms with Crippen LogP contribution in [0, 0.1) is 11.8 Å². The number of carbonyl (C=O) groups excluding carboxylic acids is 2. The first-order valence-electron chi connectivity index (χ1n) is 15.8. The molecule has 4 aromatic rings. The van der Waals surface area contributed by atoms with Gasteiger partial charge in [-0.05, 0) is 92.0 Å². The Morgan fingerprint density at radius 2 is 1.57 bits per heavy atom. The molecular weight excluding hydrogens is 611 g/mol. The summed E-state index contributed by atoms with van der Waals surface area (Å²) in [6.07, 6.45) is 7.75. The lowest BCUT2D eigenvalue weighted by atomic mass is 10.1. The largest absolute Gasteiger partial charge is 0.351 e. The molecule has 2 heterocycles. The van der Waals surface area contributed by atoms with E-state index >= 15 is 0 Å². The first kappa shape index (κ1) is 33.4. The maximum atomic E-state index is 13.5. The minimum atomic E-state index is -3.77. The SMILES string of the molecule is O=C(NCCc1cccnc1)Nc1ccc(S(=O)(=O)Cc2ccccc2)c(C#Cc2ccc(C(=O)NCCN3CCCCC3)cc2)c1. The van der Waals surface area contributed by atoms with E-state index in [4.69, 9.17) is 0 Å². The van der Waals surface area contributed by atoms with Crippen molar-refractivity contribution in [2.24, 2.45) is 0 Å². The second-order valence-corrected chi connectivity index (χ2v) is 13.4. The molecule has 0 unspecified atom stereocenters. The molecule has 0 spiro atoms. The van der Waals surface area contributed by atoms with Crippen molar-refractivity contribution in [1.29, 1.82) is 0 Å². The molecule has 1 fully saturated rings. The Morgan fingerprint density at radius 3 is 2.32 bits per heavy atom. The smallest absolute Gasteiger partial charge is 0.319 e. The number of anilines is 1. The van der Waals surface area contributed by atoms with Gasteiger partial charge in [-0.15, -0.1) is 0 Å². The number of nitrogens with zero attached hydrogens (tertiary/aromatic N) is 2. The number of urea groups is 1. The van der Waals surface area contributed by atoms with Gasteiger partial charge in [0, 0.05) is 54.4 Å². The zero-order chi connectivity index (χ0) is 32.9. The van der Waals surface area contributed by atoms with Gasteiger partial charge in [0.15, 0.2) is 9.84 Å². The number of likely N-dealkylation sites (tertiary alicyclic amines) is 1. The first-order chi connectivity index (χ1) is 22.9. The van der Waals surface area contributed by atoms with Crippen LogP contribution in [0.25, 0.3) is 0 Å². The fourth-order valence-corrected chi connectivity index (χ4v) is 6.85. The van der Waals surface area contributed by atoms with Crippen LogP contribution in [0.4, 0.5) is 10.5 Å². The minimum absolute atomic E-state index is 0.0705. The summed E-state index contributed by atoms with van der Waals surface area (Å²) >= 11 is 0. The summed E-state index contributed by atoms with van der Waals surface area (Å²) in [5.41, 5.74) is 3.47. The van der Waals surface area contributed by atoms with Gasteiger partial charge in [-0.25, -0.2) is 13.2 Å². The van der Waals surface area contributed by atoms with E-state index in [1.54, 1.807) is 73.1 Å². The molecule has 5 rings (SSSR count). The highest BCUT2D eigenvalue weighted by atomic mass is 32.2. The molecule has 3 N–H and O–H groups in total. The van der Waals surface area contributed by atoms with E-state index in [1.165, 1.54) is 25.3 Å². The van der Waals surface area contributed by atoms with Gasteiger partial charge in [0.2, 0.25) is 0 Å². The highest BCUT2D eigenvalue weighted by Gasteiger charge is 2.20. The molecule has 47 heavy (non-hydrogen) atoms. The van der Waals surface area contributed by atoms with Crippen molar-refractivity contribution in [2.45, 2.75) is 36.3 Å². The molecule has 9 nitrogen and oxygen atoms in total. The Labute approximate surface area is 276 Å². The fourth-order valence-electron chi connectivity index (χ4n) is 5.35. The van der Waals surface area contributed by atoms with Gasteiger partial charge in [-0.3, -0.25) is 9.78 Å². The van der Waals surface area contributed by atoms with Crippen LogP contribution in [0.5, 0.6) is 0 Å². The van der Waals surface area contributed by atoms with Crippen LogP contribution in [0.1, 0.15) is 51.9 Å². The lowest BCUT2D eigenvalue weighted by Crippen LogP contribution is -2.37. The fraction of sp³-hybridized carbons (Fsp3) is 0.270. The molecule has 242 valence electrons. The van der Waals surface area contributed by atoms with Gasteiger partial charge in [-0.1, -0.05) is 54.7 Å². The Kier molecular flexibility index (Phi) is 11.8. The van der Waals surface area contributed by atoms with Crippen LogP contribution in [0.2, 0.25) is 0 Å². The van der Waals surface area contributed by atoms with Gasteiger partial charge < -0.3 is 20.9 Å². The monoisotopic (exact) mass is 649 g/mol. The highest BCUT2D eigenvalue weighted by molar-refractivity contribution is 7.90. The first-order valence-corrected chi connectivity index (χ1v) is 17.5. The summed E-state index contributed by atoms with van der Waals surface area (Å²) in [7, 11) is -3.77. The number of piperidine rings is 1. The maximum absolute atomic E-state index is 13.5. The van der Waals surface area contributed by atoms with Crippen molar-refractivity contribution in [1.82, 2.24) is 20.5 Å². The third kappa shape index (κ3) is 10.3. The second kappa shape index (κ2) is 16.5. The van der Waals surface area contributed by atoms with E-state index in [-0.39, 0.29) is 22.1 Å². The summed E-state index contributed by atoms with van der Waals surface area (Å²) in [4.78, 5) is 31.8. The Bertz CT molecular complexity index is 1810. The van der Waals surface area contributed by atoms with E-state index in [0.717, 1.165) is 25.2 Å². The number of hydrogen-bond donors (Lipinski definition) is 3. The van der Waals surface area contributed by atoms with Gasteiger partial charge in [0.25, 0.3) is 5.91 Å². The van der Waals surface area contributed by atoms with E-state index in [0.29, 0.717) is 41.9 Å². The average molecular weight is 650 g/mol. The summed E-state index contributed by atoms with van der Waals surface area (Å²) in [6, 6.07) is 23.8. The molecule has 0 bridgehead atoms. The van der Waals surface area contributed by atoms with Crippen molar-refractivity contribution in [3.05, 3.63) is 125 Å². The van der Waals surface area contributed by atoms with Crippen LogP contribution in [-0.4, -0.2) is 63.0 Å². The number of hydrogen-bond acceptors (Lipinski definition) is 6. The lowest BCUT2D eigenvalue weighted by molar-refractivity contribution is 0.0946. The van der Waals surface area contributed by atoms with E-state index in [9.17, 15) is 18.0 Å². The third-order valence-electron chi connectivity index (χ3n) is 7.84. The molecule has 1 aliphatic rings. The lowest BCUT2D eigenvalue weighted by Gasteiger charge is -2.26. The van der Waals surface area contributed by atoms with Crippen molar-refractivity contribution >= 4 is 27.5 Å². The number of benzene rings is 3. The maximum Gasteiger partial charge on any atom is 0.319 e. The van der Waals surface area contributed by atoms with Crippen molar-refractivity contribution < 1.29 is 18.0 Å². The average Bonchev–Trinajstić information content (AvgIpc) is 3.09. The number of aromatic nitrogens is 1. The number of pyridine rings is 1. The molecule has 0 aliphatic carbocycles. The van der Waals surface area contributed by atoms with E-state index in [2.05, 4.69) is 37.7 Å². The van der Waals surface area contributed by atoms with Crippen molar-refractivity contribution in [2.75, 3.05) is 38.0 Å². The van der Waals surface area contributed by atoms with Crippen LogP contribution < -0.4 is 16.0 Å². The van der Waals surface area contributed by atoms with Crippen LogP contribution in [-0.2, 0) is 22.0 Å². The van der Waals surface area contributed by atoms with E-state index < -0.39 is 15.9 Å². The van der Waals surface area contributed by atoms with E-state index in [1.807, 2.05) is 18.2 Å². The summed E-state index contributed by atoms with van der Waals surface area (Å²) < 4.78 is 27.1. The number of rotatable bonds is 11. The molecule has 3 aromatic carbocycles. The van der Waals surface area contributed by atoms with Crippen LogP contribution in [0.3, 0.4) is 0 Å². The standard InChI is InChI=1S/C37H39N5O4S/c43-36(39-22-25-42-23-5-2-6-24-42)32-14-11-29(12-15-32)13-16-33-26-34(41-37(44)40-21-19-30-10-7-20-38-27-30)17-18-35(33)47(45,46)28-31-8-3-1-4-9-31/h1,3-4,7-12,14-15,17-18,20,26-27H,2,5-6,19,21-25,28H2,(H,39,43)(H2,40,41,44). The molecule has 3 amide bonds. The Morgan fingerprint density at radius 1 is 0.809 bits per heavy atom. The Hall–Kier alpha value is -4.98. The molecule has 1 aromatic heterocycles. The normalized spacial score (nSPS) is 13.2. The predicted octanol–water partition coefficient (Wildman–Crippen LogP) is 5.04. The highest BCUT2D eigenvalue weighted by Crippen LogP contribution is 2.24. The molecule has 0 saturated carbocycles. The van der Waals surface area contributed by atoms with Gasteiger partial charge >= 0.3 is 6.03 Å². The second-order valence-electron chi connectivity index (χ2n) is 11.4. The van der Waals surface area contributed by atoms with Crippen LogP contribution >= 0.6 is 0 Å². The number of amides is 3. The Balaban J connectivity index is 1.28. The van der Waals surface area contributed by atoms with Gasteiger partial charge in [0.05, 0.1) is 10.6 Å². The predicted molar refractivity (Wildman–Crippen MR) is 184 cm³/mol. The molecule has 1 aliphatic heterocycles. The summed E-state index contributed by atoms with van der Waals surface area (Å²) in [5.74, 6) is 5.71. The number of nitrogens with one attached hydrogen (secondary N) is 3. The van der Waals surface area contributed by atoms with Crippen molar-refractivity contribution in [3.8, 4) is 11.8 Å². The quantitative estimate of drug-likeness (QED) is 0.196. The zero-order valence-electron chi connectivity index (χ0n) is 26.2. The number of carbonyl (C=O) groups is 2. The third-order valence-corrected chi connectivity index (χ3v) is 9.58. The molecule has 10 heteroatoms. The summed E-state index contributed by atoms with van der Waals surface area (Å²) in [6.45, 7) is 3.99. The zero-order valence-corrected chi connectivity index (χ0v) is 27.1. The molecule has 1 saturated heterocycles. The minimum Gasteiger partial charge on any atom is -0.351 e. The molecule has 0 atom stereocenters. The van der Waals surface area contributed by atoms with Gasteiger partial charge in [0.1, 0.15) is 0 Å². The number of sulfone groups is 1. The topological polar surface area (TPSA) is 120 Å².